The zero-order valence-corrected chi connectivity index (χ0v) is 13.1. The number of sulfonamides is 1. The molecule has 20 heavy (non-hydrogen) atoms. The third-order valence-electron chi connectivity index (χ3n) is 2.56. The quantitative estimate of drug-likeness (QED) is 0.532. The number of rotatable bonds is 9. The Balaban J connectivity index is 2.49. The Morgan fingerprint density at radius 3 is 2.50 bits per heavy atom. The van der Waals surface area contributed by atoms with E-state index in [0.29, 0.717) is 31.7 Å². The molecule has 1 aromatic carbocycles. The maximum atomic E-state index is 12.0. The van der Waals surface area contributed by atoms with Crippen molar-refractivity contribution in [1.82, 2.24) is 4.72 Å². The summed E-state index contributed by atoms with van der Waals surface area (Å²) in [6, 6.07) is 6.18. The summed E-state index contributed by atoms with van der Waals surface area (Å²) in [6.45, 7) is 3.63. The number of nitrogens with one attached hydrogen (secondary N) is 1. The van der Waals surface area contributed by atoms with E-state index in [1.165, 1.54) is 12.1 Å². The van der Waals surface area contributed by atoms with Crippen LogP contribution in [-0.2, 0) is 14.8 Å². The molecule has 0 aliphatic carbocycles. The minimum atomic E-state index is -3.49. The molecule has 0 heterocycles. The molecule has 0 unspecified atom stereocenters. The average Bonchev–Trinajstić information content (AvgIpc) is 2.43. The minimum Gasteiger partial charge on any atom is -0.389 e. The van der Waals surface area contributed by atoms with E-state index in [-0.39, 0.29) is 9.88 Å². The third kappa shape index (κ3) is 5.54. The van der Waals surface area contributed by atoms with Gasteiger partial charge in [0.15, 0.2) is 0 Å². The van der Waals surface area contributed by atoms with Crippen LogP contribution >= 0.6 is 12.2 Å². The highest BCUT2D eigenvalue weighted by Gasteiger charge is 2.13. The van der Waals surface area contributed by atoms with Crippen molar-refractivity contribution in [3.8, 4) is 0 Å². The van der Waals surface area contributed by atoms with Crippen LogP contribution in [-0.4, -0.2) is 33.2 Å². The molecule has 0 aliphatic rings. The molecule has 3 N–H and O–H groups in total. The van der Waals surface area contributed by atoms with E-state index < -0.39 is 10.0 Å². The van der Waals surface area contributed by atoms with E-state index in [1.807, 2.05) is 6.92 Å². The normalized spacial score (nSPS) is 11.4. The zero-order chi connectivity index (χ0) is 15.0. The molecule has 5 nitrogen and oxygen atoms in total. The lowest BCUT2D eigenvalue weighted by Gasteiger charge is -2.07. The summed E-state index contributed by atoms with van der Waals surface area (Å²) in [5, 5.41) is 0. The van der Waals surface area contributed by atoms with Crippen LogP contribution in [0.4, 0.5) is 0 Å². The Hall–Kier alpha value is -1.02. The monoisotopic (exact) mass is 316 g/mol. The highest BCUT2D eigenvalue weighted by Crippen LogP contribution is 2.10. The average molecular weight is 316 g/mol. The molecule has 0 aliphatic heterocycles. The Morgan fingerprint density at radius 1 is 1.30 bits per heavy atom. The highest BCUT2D eigenvalue weighted by molar-refractivity contribution is 7.89. The van der Waals surface area contributed by atoms with Crippen LogP contribution in [0, 0.1) is 0 Å². The maximum Gasteiger partial charge on any atom is 0.240 e. The molecule has 0 amide bonds. The van der Waals surface area contributed by atoms with E-state index in [1.54, 1.807) is 12.1 Å². The number of thiocarbonyl (C=S) groups is 1. The van der Waals surface area contributed by atoms with E-state index in [4.69, 9.17) is 22.7 Å². The number of benzene rings is 1. The molecule has 0 radical (unpaired) electrons. The molecule has 0 bridgehead atoms. The third-order valence-corrected chi connectivity index (χ3v) is 4.27. The second kappa shape index (κ2) is 8.31. The summed E-state index contributed by atoms with van der Waals surface area (Å²) in [5.41, 5.74) is 6.11. The van der Waals surface area contributed by atoms with Gasteiger partial charge in [0.2, 0.25) is 10.0 Å². The standard InChI is InChI=1S/C13H20N2O3S2/c1-2-9-18-10-3-8-15-20(16,17)12-6-4-11(5-7-12)13(14)19/h4-7,15H,2-3,8-10H2,1H3,(H2,14,19). The van der Waals surface area contributed by atoms with Crippen LogP contribution in [0.15, 0.2) is 29.2 Å². The summed E-state index contributed by atoms with van der Waals surface area (Å²) in [5.74, 6) is 0. The fourth-order valence-corrected chi connectivity index (χ4v) is 2.72. The smallest absolute Gasteiger partial charge is 0.240 e. The van der Waals surface area contributed by atoms with Gasteiger partial charge in [-0.15, -0.1) is 0 Å². The van der Waals surface area contributed by atoms with Gasteiger partial charge < -0.3 is 10.5 Å². The molecule has 0 fully saturated rings. The fraction of sp³-hybridized carbons (Fsp3) is 0.462. The van der Waals surface area contributed by atoms with Gasteiger partial charge in [-0.25, -0.2) is 13.1 Å². The maximum absolute atomic E-state index is 12.0. The summed E-state index contributed by atoms with van der Waals surface area (Å²) >= 11 is 4.82. The lowest BCUT2D eigenvalue weighted by atomic mass is 10.2. The van der Waals surface area contributed by atoms with Gasteiger partial charge in [0.25, 0.3) is 0 Å². The topological polar surface area (TPSA) is 81.4 Å². The van der Waals surface area contributed by atoms with Crippen LogP contribution in [0.25, 0.3) is 0 Å². The largest absolute Gasteiger partial charge is 0.389 e. The van der Waals surface area contributed by atoms with Gasteiger partial charge in [-0.05, 0) is 25.0 Å². The van der Waals surface area contributed by atoms with E-state index >= 15 is 0 Å². The fourth-order valence-electron chi connectivity index (χ4n) is 1.51. The van der Waals surface area contributed by atoms with Crippen molar-refractivity contribution in [3.63, 3.8) is 0 Å². The molecule has 7 heteroatoms. The van der Waals surface area contributed by atoms with Crippen molar-refractivity contribution in [2.45, 2.75) is 24.7 Å². The molecule has 0 atom stereocenters. The number of ether oxygens (including phenoxy) is 1. The molecule has 0 aromatic heterocycles. The predicted molar refractivity (Wildman–Crippen MR) is 83.2 cm³/mol. The van der Waals surface area contributed by atoms with Gasteiger partial charge in [0, 0.05) is 25.3 Å². The molecule has 112 valence electrons. The van der Waals surface area contributed by atoms with Gasteiger partial charge in [-0.2, -0.15) is 0 Å². The zero-order valence-electron chi connectivity index (χ0n) is 11.5. The summed E-state index contributed by atoms with van der Waals surface area (Å²) in [4.78, 5) is 0.446. The van der Waals surface area contributed by atoms with Crippen molar-refractivity contribution in [2.75, 3.05) is 19.8 Å². The van der Waals surface area contributed by atoms with Crippen LogP contribution < -0.4 is 10.5 Å². The first-order valence-corrected chi connectivity index (χ1v) is 8.34. The Labute approximate surface area is 125 Å². The Morgan fingerprint density at radius 2 is 1.95 bits per heavy atom. The lowest BCUT2D eigenvalue weighted by Crippen LogP contribution is -2.25. The van der Waals surface area contributed by atoms with Gasteiger partial charge in [0.1, 0.15) is 4.99 Å². The SMILES string of the molecule is CCCOCCCNS(=O)(=O)c1ccc(C(N)=S)cc1. The number of hydrogen-bond donors (Lipinski definition) is 2. The first-order chi connectivity index (χ1) is 9.47. The van der Waals surface area contributed by atoms with Gasteiger partial charge >= 0.3 is 0 Å². The first kappa shape index (κ1) is 17.0. The second-order valence-corrected chi connectivity index (χ2v) is 6.46. The van der Waals surface area contributed by atoms with Crippen LogP contribution in [0.2, 0.25) is 0 Å². The van der Waals surface area contributed by atoms with E-state index in [9.17, 15) is 8.42 Å². The molecular weight excluding hydrogens is 296 g/mol. The van der Waals surface area contributed by atoms with E-state index in [0.717, 1.165) is 6.42 Å². The molecule has 1 rings (SSSR count). The van der Waals surface area contributed by atoms with Crippen LogP contribution in [0.5, 0.6) is 0 Å². The van der Waals surface area contributed by atoms with Crippen molar-refractivity contribution in [2.24, 2.45) is 5.73 Å². The molecular formula is C13H20N2O3S2. The Kier molecular flexibility index (Phi) is 7.08. The second-order valence-electron chi connectivity index (χ2n) is 4.25. The number of hydrogen-bond acceptors (Lipinski definition) is 4. The minimum absolute atomic E-state index is 0.201. The highest BCUT2D eigenvalue weighted by atomic mass is 32.2. The molecule has 0 saturated carbocycles. The molecule has 0 spiro atoms. The summed E-state index contributed by atoms with van der Waals surface area (Å²) < 4.78 is 31.8. The van der Waals surface area contributed by atoms with E-state index in [2.05, 4.69) is 4.72 Å². The van der Waals surface area contributed by atoms with Crippen molar-refractivity contribution < 1.29 is 13.2 Å². The van der Waals surface area contributed by atoms with Crippen molar-refractivity contribution in [3.05, 3.63) is 29.8 Å². The molecule has 0 saturated heterocycles. The Bertz CT molecular complexity index is 527. The molecule has 1 aromatic rings. The predicted octanol–water partition coefficient (Wildman–Crippen LogP) is 1.42. The van der Waals surface area contributed by atoms with Gasteiger partial charge in [0.05, 0.1) is 4.90 Å². The van der Waals surface area contributed by atoms with Crippen molar-refractivity contribution in [1.29, 1.82) is 0 Å². The lowest BCUT2D eigenvalue weighted by molar-refractivity contribution is 0.133. The van der Waals surface area contributed by atoms with Crippen LogP contribution in [0.3, 0.4) is 0 Å². The number of nitrogens with two attached hydrogens (primary N) is 1. The first-order valence-electron chi connectivity index (χ1n) is 6.44. The van der Waals surface area contributed by atoms with Crippen molar-refractivity contribution >= 4 is 27.2 Å². The summed E-state index contributed by atoms with van der Waals surface area (Å²) in [7, 11) is -3.49. The van der Waals surface area contributed by atoms with Crippen LogP contribution in [0.1, 0.15) is 25.3 Å². The van der Waals surface area contributed by atoms with Gasteiger partial charge in [-0.3, -0.25) is 0 Å². The summed E-state index contributed by atoms with van der Waals surface area (Å²) in [6.07, 6.45) is 1.60. The van der Waals surface area contributed by atoms with Gasteiger partial charge in [-0.1, -0.05) is 31.3 Å².